The number of fused-ring (bicyclic) bond motifs is 1. The lowest BCUT2D eigenvalue weighted by Crippen LogP contribution is -2.61. The van der Waals surface area contributed by atoms with Gasteiger partial charge in [0.15, 0.2) is 0 Å². The molecule has 3 N–H and O–H groups in total. The molecule has 0 unspecified atom stereocenters. The van der Waals surface area contributed by atoms with Gasteiger partial charge in [0.1, 0.15) is 35.2 Å². The Balaban J connectivity index is 1.26. The van der Waals surface area contributed by atoms with Crippen molar-refractivity contribution in [2.24, 2.45) is 10.9 Å². The van der Waals surface area contributed by atoms with Gasteiger partial charge in [0, 0.05) is 59.2 Å². The number of nitrogens with zero attached hydrogens (tertiary/aromatic N) is 4. The van der Waals surface area contributed by atoms with Gasteiger partial charge in [0.25, 0.3) is 11.8 Å². The first kappa shape index (κ1) is 41.1. The number of methoxy groups -OCH3 is 1. The predicted molar refractivity (Wildman–Crippen MR) is 217 cm³/mol. The van der Waals surface area contributed by atoms with E-state index in [0.29, 0.717) is 40.9 Å². The molecule has 7 rings (SSSR count). The molecule has 16 nitrogen and oxygen atoms in total. The number of carbonyl (C=O) groups excluding carboxylic acids is 4. The molecule has 2 aliphatic carbocycles. The lowest BCUT2D eigenvalue weighted by molar-refractivity contribution is -0.144. The molecule has 0 radical (unpaired) electrons. The molecule has 3 heterocycles. The van der Waals surface area contributed by atoms with E-state index >= 15 is 0 Å². The highest BCUT2D eigenvalue weighted by atomic mass is 32.2. The zero-order valence-corrected chi connectivity index (χ0v) is 33.9. The number of aromatic nitrogens is 1. The molecule has 1 aromatic heterocycles. The van der Waals surface area contributed by atoms with Crippen LogP contribution in [0.1, 0.15) is 52.9 Å². The van der Waals surface area contributed by atoms with Crippen LogP contribution in [-0.4, -0.2) is 112 Å². The van der Waals surface area contributed by atoms with Crippen molar-refractivity contribution < 1.29 is 47.0 Å². The van der Waals surface area contributed by atoms with Gasteiger partial charge in [-0.2, -0.15) is 0 Å². The van der Waals surface area contributed by atoms with Crippen molar-refractivity contribution in [3.8, 4) is 22.8 Å². The maximum absolute atomic E-state index is 15.0. The SMILES string of the molecule is C=C[C@@H]1C[C@]1(NC(=O)[C@@H]1C[C@@H](Oc2cc(-c3ccccc3)nc3cc(OC)ccc23)CN1C(=O)[C@H](CC1=NC(=O)C=C1)N(C(=O)O)C(C)(C)C)C(=O)NS(=O)(=O)C1CC1. The summed E-state index contributed by atoms with van der Waals surface area (Å²) in [7, 11) is -2.43. The number of nitrogens with one attached hydrogen (secondary N) is 2. The van der Waals surface area contributed by atoms with Gasteiger partial charge in [-0.15, -0.1) is 6.58 Å². The third-order valence-electron chi connectivity index (χ3n) is 11.0. The van der Waals surface area contributed by atoms with Gasteiger partial charge in [0.2, 0.25) is 21.8 Å². The number of allylic oxidation sites excluding steroid dienone is 1. The number of ether oxygens (including phenoxy) is 2. The Morgan fingerprint density at radius 1 is 1.10 bits per heavy atom. The van der Waals surface area contributed by atoms with Gasteiger partial charge < -0.3 is 24.8 Å². The molecular formula is C42H46N6O10S. The van der Waals surface area contributed by atoms with Gasteiger partial charge in [-0.05, 0) is 58.2 Å². The number of amides is 5. The molecule has 1 saturated heterocycles. The second kappa shape index (κ2) is 15.6. The second-order valence-corrected chi connectivity index (χ2v) is 18.2. The van der Waals surface area contributed by atoms with Crippen molar-refractivity contribution in [3.05, 3.63) is 79.4 Å². The molecule has 4 aliphatic rings. The number of hydrogen-bond acceptors (Lipinski definition) is 10. The van der Waals surface area contributed by atoms with E-state index in [0.717, 1.165) is 10.5 Å². The third-order valence-corrected chi connectivity index (χ3v) is 12.9. The van der Waals surface area contributed by atoms with Crippen LogP contribution < -0.4 is 19.5 Å². The Hall–Kier alpha value is -6.10. The number of carboxylic acid groups (broad SMARTS) is 1. The number of carbonyl (C=O) groups is 5. The summed E-state index contributed by atoms with van der Waals surface area (Å²) in [6.07, 6.45) is 2.37. The van der Waals surface area contributed by atoms with Crippen molar-refractivity contribution in [2.45, 2.75) is 87.4 Å². The minimum Gasteiger partial charge on any atom is -0.497 e. The first-order chi connectivity index (χ1) is 27.9. The summed E-state index contributed by atoms with van der Waals surface area (Å²) in [6, 6.07) is 13.7. The summed E-state index contributed by atoms with van der Waals surface area (Å²) >= 11 is 0. The fourth-order valence-corrected chi connectivity index (χ4v) is 9.16. The molecule has 3 aromatic rings. The van der Waals surface area contributed by atoms with Crippen molar-refractivity contribution in [1.29, 1.82) is 0 Å². The Morgan fingerprint density at radius 3 is 2.42 bits per heavy atom. The minimum atomic E-state index is -3.97. The van der Waals surface area contributed by atoms with Crippen LogP contribution in [0.5, 0.6) is 11.5 Å². The molecule has 310 valence electrons. The Labute approximate surface area is 341 Å². The first-order valence-electron chi connectivity index (χ1n) is 19.3. The second-order valence-electron chi connectivity index (χ2n) is 16.2. The monoisotopic (exact) mass is 826 g/mol. The Kier molecular flexibility index (Phi) is 10.8. The van der Waals surface area contributed by atoms with Crippen LogP contribution in [0.4, 0.5) is 4.79 Å². The van der Waals surface area contributed by atoms with E-state index < -0.39 is 80.2 Å². The lowest BCUT2D eigenvalue weighted by Gasteiger charge is -2.41. The summed E-state index contributed by atoms with van der Waals surface area (Å²) in [5.74, 6) is -2.63. The molecule has 17 heteroatoms. The molecule has 5 atom stereocenters. The van der Waals surface area contributed by atoms with E-state index in [-0.39, 0.29) is 31.5 Å². The Bertz CT molecular complexity index is 2410. The molecule has 2 aliphatic heterocycles. The Morgan fingerprint density at radius 2 is 1.83 bits per heavy atom. The van der Waals surface area contributed by atoms with E-state index in [4.69, 9.17) is 14.5 Å². The van der Waals surface area contributed by atoms with E-state index in [1.165, 1.54) is 23.1 Å². The summed E-state index contributed by atoms with van der Waals surface area (Å²) in [6.45, 7) is 8.44. The zero-order valence-electron chi connectivity index (χ0n) is 33.1. The average molecular weight is 827 g/mol. The topological polar surface area (TPSA) is 214 Å². The van der Waals surface area contributed by atoms with E-state index in [1.54, 1.807) is 52.1 Å². The molecule has 5 amide bonds. The van der Waals surface area contributed by atoms with Crippen LogP contribution in [-0.2, 0) is 29.2 Å². The first-order valence-corrected chi connectivity index (χ1v) is 20.8. The van der Waals surface area contributed by atoms with Gasteiger partial charge >= 0.3 is 6.09 Å². The maximum Gasteiger partial charge on any atom is 0.408 e. The average Bonchev–Trinajstić information content (AvgIpc) is 4.09. The molecule has 59 heavy (non-hydrogen) atoms. The number of hydrogen-bond donors (Lipinski definition) is 3. The van der Waals surface area contributed by atoms with Crippen molar-refractivity contribution in [3.63, 3.8) is 0 Å². The number of aliphatic imine (C=N–C) groups is 1. The largest absolute Gasteiger partial charge is 0.497 e. The third kappa shape index (κ3) is 8.42. The van der Waals surface area contributed by atoms with Gasteiger partial charge in [-0.25, -0.2) is 23.2 Å². The normalized spacial score (nSPS) is 23.0. The highest BCUT2D eigenvalue weighted by Gasteiger charge is 2.62. The summed E-state index contributed by atoms with van der Waals surface area (Å²) < 4.78 is 39.9. The maximum atomic E-state index is 15.0. The highest BCUT2D eigenvalue weighted by Crippen LogP contribution is 2.46. The quantitative estimate of drug-likeness (QED) is 0.198. The lowest BCUT2D eigenvalue weighted by atomic mass is 9.98. The standard InChI is InChI=1S/C42H46N6O10S/c1-6-25-22-42(25,39(52)46-59(55,56)29-14-15-29)45-37(50)33-20-28(23-47(33)38(51)34(18-26-12-17-36(49)43-26)48(40(53)54)41(2,3)4)58-35-21-31(24-10-8-7-9-11-24)44-32-19-27(57-5)13-16-30(32)35/h6-13,16-17,19,21,25,28-29,33-34H,1,14-15,18,20,22-23H2,2-5H3,(H,45,50)(H,46,52)(H,53,54)/t25-,28-,33+,34+,42-/m1/s1. The van der Waals surface area contributed by atoms with Crippen molar-refractivity contribution in [2.75, 3.05) is 13.7 Å². The molecule has 3 fully saturated rings. The van der Waals surface area contributed by atoms with E-state index in [2.05, 4.69) is 21.6 Å². The van der Waals surface area contributed by atoms with Crippen molar-refractivity contribution >= 4 is 56.4 Å². The fraction of sp³-hybridized carbons (Fsp3) is 0.405. The van der Waals surface area contributed by atoms with E-state index in [9.17, 15) is 37.5 Å². The highest BCUT2D eigenvalue weighted by molar-refractivity contribution is 7.91. The molecule has 2 saturated carbocycles. The van der Waals surface area contributed by atoms with Gasteiger partial charge in [-0.3, -0.25) is 28.8 Å². The molecular weight excluding hydrogens is 781 g/mol. The number of rotatable bonds is 14. The summed E-state index contributed by atoms with van der Waals surface area (Å²) in [4.78, 5) is 79.2. The summed E-state index contributed by atoms with van der Waals surface area (Å²) in [5, 5.41) is 13.2. The predicted octanol–water partition coefficient (Wildman–Crippen LogP) is 4.00. The van der Waals surface area contributed by atoms with Gasteiger partial charge in [0.05, 0.1) is 30.1 Å². The number of likely N-dealkylation sites (tertiary alicyclic amines) is 1. The smallest absolute Gasteiger partial charge is 0.408 e. The van der Waals surface area contributed by atoms with Crippen LogP contribution in [0.15, 0.2) is 84.4 Å². The fourth-order valence-electron chi connectivity index (χ4n) is 7.79. The minimum absolute atomic E-state index is 0.0726. The molecule has 0 spiro atoms. The number of sulfonamides is 1. The van der Waals surface area contributed by atoms with Crippen LogP contribution >= 0.6 is 0 Å². The summed E-state index contributed by atoms with van der Waals surface area (Å²) in [5.41, 5.74) is -0.650. The van der Waals surface area contributed by atoms with E-state index in [1.807, 2.05) is 30.3 Å². The van der Waals surface area contributed by atoms with Crippen LogP contribution in [0, 0.1) is 5.92 Å². The van der Waals surface area contributed by atoms with Crippen molar-refractivity contribution in [1.82, 2.24) is 24.8 Å². The number of benzene rings is 2. The van der Waals surface area contributed by atoms with Crippen LogP contribution in [0.25, 0.3) is 22.2 Å². The molecule has 0 bridgehead atoms. The molecule has 2 aromatic carbocycles. The van der Waals surface area contributed by atoms with Gasteiger partial charge in [-0.1, -0.05) is 36.4 Å². The zero-order chi connectivity index (χ0) is 42.4. The number of pyridine rings is 1. The van der Waals surface area contributed by atoms with Crippen LogP contribution in [0.2, 0.25) is 0 Å². The van der Waals surface area contributed by atoms with Crippen LogP contribution in [0.3, 0.4) is 0 Å².